The molecule has 0 saturated heterocycles. The molecule has 1 atom stereocenters. The van der Waals surface area contributed by atoms with Gasteiger partial charge in [-0.1, -0.05) is 42.5 Å². The van der Waals surface area contributed by atoms with Crippen molar-refractivity contribution in [3.05, 3.63) is 65.9 Å². The van der Waals surface area contributed by atoms with Gasteiger partial charge in [-0.15, -0.1) is 0 Å². The Morgan fingerprint density at radius 3 is 2.15 bits per heavy atom. The molecule has 1 unspecified atom stereocenters. The summed E-state index contributed by atoms with van der Waals surface area (Å²) in [6, 6.07) is 16.9. The maximum Gasteiger partial charge on any atom is 0.239 e. The number of benzene rings is 2. The third kappa shape index (κ3) is 2.21. The zero-order valence-electron chi connectivity index (χ0n) is 11.0. The molecule has 0 aliphatic rings. The Labute approximate surface area is 116 Å². The van der Waals surface area contributed by atoms with Crippen LogP contribution in [0.15, 0.2) is 54.6 Å². The summed E-state index contributed by atoms with van der Waals surface area (Å²) in [5.41, 5.74) is 2.67. The molecule has 1 aromatic heterocycles. The van der Waals surface area contributed by atoms with Gasteiger partial charge in [0, 0.05) is 0 Å². The number of para-hydroxylation sites is 2. The number of nitrogens with zero attached hydrogens (tertiary/aromatic N) is 2. The molecule has 2 aromatic carbocycles. The van der Waals surface area contributed by atoms with Gasteiger partial charge in [0.25, 0.3) is 0 Å². The van der Waals surface area contributed by atoms with Crippen LogP contribution in [0, 0.1) is 0 Å². The van der Waals surface area contributed by atoms with Gasteiger partial charge in [-0.2, -0.15) is 0 Å². The van der Waals surface area contributed by atoms with Crippen LogP contribution in [-0.4, -0.2) is 22.2 Å². The largest absolute Gasteiger partial charge is 0.480 e. The van der Waals surface area contributed by atoms with E-state index in [4.69, 9.17) is 4.74 Å². The molecule has 1 heterocycles. The fourth-order valence-electron chi connectivity index (χ4n) is 2.12. The van der Waals surface area contributed by atoms with Crippen LogP contribution < -0.4 is 4.74 Å². The minimum atomic E-state index is -0.858. The van der Waals surface area contributed by atoms with Crippen molar-refractivity contribution in [2.75, 3.05) is 7.11 Å². The number of aromatic nitrogens is 2. The molecule has 100 valence electrons. The lowest BCUT2D eigenvalue weighted by Gasteiger charge is -2.14. The fourth-order valence-corrected chi connectivity index (χ4v) is 2.12. The summed E-state index contributed by atoms with van der Waals surface area (Å²) in [5.74, 6) is 0.347. The standard InChI is InChI=1S/C16H14N2O2/c1-20-16-14(15(19)11-7-3-2-4-8-11)17-12-9-5-6-10-13(12)18-16/h2-10,15,19H,1H3. The number of aliphatic hydroxyl groups is 1. The molecule has 0 radical (unpaired) electrons. The van der Waals surface area contributed by atoms with Crippen molar-refractivity contribution in [1.29, 1.82) is 0 Å². The van der Waals surface area contributed by atoms with E-state index in [1.807, 2.05) is 54.6 Å². The van der Waals surface area contributed by atoms with Gasteiger partial charge in [-0.3, -0.25) is 0 Å². The van der Waals surface area contributed by atoms with Crippen molar-refractivity contribution in [2.24, 2.45) is 0 Å². The number of hydrogen-bond donors (Lipinski definition) is 1. The summed E-state index contributed by atoms with van der Waals surface area (Å²) < 4.78 is 5.26. The van der Waals surface area contributed by atoms with Crippen LogP contribution in [0.25, 0.3) is 11.0 Å². The quantitative estimate of drug-likeness (QED) is 0.792. The average Bonchev–Trinajstić information content (AvgIpc) is 2.53. The monoisotopic (exact) mass is 266 g/mol. The molecule has 0 fully saturated rings. The third-order valence-electron chi connectivity index (χ3n) is 3.13. The van der Waals surface area contributed by atoms with E-state index in [9.17, 15) is 5.11 Å². The van der Waals surface area contributed by atoms with Crippen LogP contribution in [0.4, 0.5) is 0 Å². The van der Waals surface area contributed by atoms with E-state index in [1.165, 1.54) is 7.11 Å². The molecule has 20 heavy (non-hydrogen) atoms. The summed E-state index contributed by atoms with van der Waals surface area (Å²) in [7, 11) is 1.53. The topological polar surface area (TPSA) is 55.2 Å². The van der Waals surface area contributed by atoms with Crippen LogP contribution in [0.5, 0.6) is 5.88 Å². The van der Waals surface area contributed by atoms with Gasteiger partial charge in [0.15, 0.2) is 0 Å². The molecule has 0 aliphatic carbocycles. The van der Waals surface area contributed by atoms with Crippen molar-refractivity contribution in [2.45, 2.75) is 6.10 Å². The Morgan fingerprint density at radius 2 is 1.50 bits per heavy atom. The van der Waals surface area contributed by atoms with Crippen LogP contribution >= 0.6 is 0 Å². The van der Waals surface area contributed by atoms with Crippen molar-refractivity contribution < 1.29 is 9.84 Å². The molecule has 0 aliphatic heterocycles. The SMILES string of the molecule is COc1nc2ccccc2nc1C(O)c1ccccc1. The van der Waals surface area contributed by atoms with E-state index in [-0.39, 0.29) is 0 Å². The van der Waals surface area contributed by atoms with E-state index in [1.54, 1.807) is 0 Å². The predicted octanol–water partition coefficient (Wildman–Crippen LogP) is 2.72. The highest BCUT2D eigenvalue weighted by molar-refractivity contribution is 5.74. The molecule has 0 saturated carbocycles. The third-order valence-corrected chi connectivity index (χ3v) is 3.13. The van der Waals surface area contributed by atoms with Crippen molar-refractivity contribution >= 4 is 11.0 Å². The predicted molar refractivity (Wildman–Crippen MR) is 76.6 cm³/mol. The Bertz CT molecular complexity index is 729. The van der Waals surface area contributed by atoms with E-state index in [0.29, 0.717) is 11.6 Å². The van der Waals surface area contributed by atoms with Crippen LogP contribution in [0.1, 0.15) is 17.4 Å². The number of fused-ring (bicyclic) bond motifs is 1. The second-order valence-corrected chi connectivity index (χ2v) is 4.42. The van der Waals surface area contributed by atoms with Gasteiger partial charge in [0.1, 0.15) is 11.8 Å². The maximum atomic E-state index is 10.5. The number of aliphatic hydroxyl groups excluding tert-OH is 1. The minimum absolute atomic E-state index is 0.347. The van der Waals surface area contributed by atoms with E-state index in [2.05, 4.69) is 9.97 Å². The normalized spacial score (nSPS) is 12.3. The van der Waals surface area contributed by atoms with Crippen LogP contribution in [-0.2, 0) is 0 Å². The maximum absolute atomic E-state index is 10.5. The number of rotatable bonds is 3. The molecule has 3 aromatic rings. The smallest absolute Gasteiger partial charge is 0.239 e. The van der Waals surface area contributed by atoms with Crippen molar-refractivity contribution in [1.82, 2.24) is 9.97 Å². The summed E-state index contributed by atoms with van der Waals surface area (Å²) in [5, 5.41) is 10.5. The Hall–Kier alpha value is -2.46. The molecule has 1 N–H and O–H groups in total. The zero-order chi connectivity index (χ0) is 13.9. The average molecular weight is 266 g/mol. The second kappa shape index (κ2) is 5.27. The zero-order valence-corrected chi connectivity index (χ0v) is 11.0. The highest BCUT2D eigenvalue weighted by Gasteiger charge is 2.19. The first-order valence-electron chi connectivity index (χ1n) is 6.33. The summed E-state index contributed by atoms with van der Waals surface area (Å²) in [6.45, 7) is 0. The van der Waals surface area contributed by atoms with Crippen LogP contribution in [0.3, 0.4) is 0 Å². The first-order valence-corrected chi connectivity index (χ1v) is 6.33. The fraction of sp³-hybridized carbons (Fsp3) is 0.125. The summed E-state index contributed by atoms with van der Waals surface area (Å²) >= 11 is 0. The Kier molecular flexibility index (Phi) is 3.31. The van der Waals surface area contributed by atoms with Gasteiger partial charge in [-0.25, -0.2) is 9.97 Å². The molecule has 4 nitrogen and oxygen atoms in total. The van der Waals surface area contributed by atoms with Gasteiger partial charge in [0.2, 0.25) is 5.88 Å². The first-order chi connectivity index (χ1) is 9.79. The molecule has 3 rings (SSSR count). The molecule has 4 heteroatoms. The van der Waals surface area contributed by atoms with Crippen molar-refractivity contribution in [3.8, 4) is 5.88 Å². The summed E-state index contributed by atoms with van der Waals surface area (Å²) in [4.78, 5) is 8.88. The molecular formula is C16H14N2O2. The summed E-state index contributed by atoms with van der Waals surface area (Å²) in [6.07, 6.45) is -0.858. The van der Waals surface area contributed by atoms with Gasteiger partial charge < -0.3 is 9.84 Å². The Balaban J connectivity index is 2.14. The molecule has 0 amide bonds. The lowest BCUT2D eigenvalue weighted by Crippen LogP contribution is -2.07. The van der Waals surface area contributed by atoms with Gasteiger partial charge in [0.05, 0.1) is 18.1 Å². The van der Waals surface area contributed by atoms with Crippen LogP contribution in [0.2, 0.25) is 0 Å². The highest BCUT2D eigenvalue weighted by atomic mass is 16.5. The number of hydrogen-bond acceptors (Lipinski definition) is 4. The second-order valence-electron chi connectivity index (χ2n) is 4.42. The first kappa shape index (κ1) is 12.6. The lowest BCUT2D eigenvalue weighted by molar-refractivity contribution is 0.208. The van der Waals surface area contributed by atoms with E-state index < -0.39 is 6.10 Å². The van der Waals surface area contributed by atoms with E-state index in [0.717, 1.165) is 16.6 Å². The van der Waals surface area contributed by atoms with Crippen molar-refractivity contribution in [3.63, 3.8) is 0 Å². The molecule has 0 bridgehead atoms. The number of methoxy groups -OCH3 is 1. The van der Waals surface area contributed by atoms with Gasteiger partial charge >= 0.3 is 0 Å². The van der Waals surface area contributed by atoms with E-state index >= 15 is 0 Å². The molecular weight excluding hydrogens is 252 g/mol. The minimum Gasteiger partial charge on any atom is -0.480 e. The lowest BCUT2D eigenvalue weighted by atomic mass is 10.1. The number of ether oxygens (including phenoxy) is 1. The highest BCUT2D eigenvalue weighted by Crippen LogP contribution is 2.28. The van der Waals surface area contributed by atoms with Gasteiger partial charge in [-0.05, 0) is 17.7 Å². The molecule has 0 spiro atoms. The Morgan fingerprint density at radius 1 is 0.900 bits per heavy atom.